The van der Waals surface area contributed by atoms with Crippen molar-refractivity contribution in [3.8, 4) is 10.4 Å². The number of halogens is 1. The number of carbonyl (C=O) groups excluding carboxylic acids is 1. The number of hydrogen-bond donors (Lipinski definition) is 1. The first kappa shape index (κ1) is 20.1. The van der Waals surface area contributed by atoms with E-state index in [0.717, 1.165) is 21.5 Å². The van der Waals surface area contributed by atoms with Crippen molar-refractivity contribution in [2.75, 3.05) is 5.32 Å². The highest BCUT2D eigenvalue weighted by atomic mass is 32.1. The van der Waals surface area contributed by atoms with Gasteiger partial charge in [0.15, 0.2) is 11.5 Å². The Morgan fingerprint density at radius 1 is 1.12 bits per heavy atom. The average Bonchev–Trinajstić information content (AvgIpc) is 3.52. The van der Waals surface area contributed by atoms with Crippen LogP contribution in [0.25, 0.3) is 21.5 Å². The third-order valence-electron chi connectivity index (χ3n) is 5.09. The van der Waals surface area contributed by atoms with Gasteiger partial charge in [0.25, 0.3) is 0 Å². The van der Waals surface area contributed by atoms with Gasteiger partial charge in [-0.3, -0.25) is 9.48 Å². The molecule has 1 amide bonds. The monoisotopic (exact) mass is 446 g/mol. The maximum atomic E-state index is 13.9. The third kappa shape index (κ3) is 3.90. The summed E-state index contributed by atoms with van der Waals surface area (Å²) in [6.07, 6.45) is 3.43. The standard InChI is InChI=1S/C23H19FN6OS/c1-15-22-17(19-7-4-12-32-19)8-10-25-23(22)30(27-15)14-21(31)26-20-9-11-29(28-20)13-16-5-2-3-6-18(16)24/h2-12H,13-14H2,1H3,(H,26,28,31). The zero-order chi connectivity index (χ0) is 22.1. The summed E-state index contributed by atoms with van der Waals surface area (Å²) >= 11 is 1.65. The number of hydrogen-bond acceptors (Lipinski definition) is 5. The summed E-state index contributed by atoms with van der Waals surface area (Å²) in [5.74, 6) is -0.162. The van der Waals surface area contributed by atoms with Gasteiger partial charge in [0.1, 0.15) is 12.4 Å². The first-order valence-corrected chi connectivity index (χ1v) is 10.9. The zero-order valence-electron chi connectivity index (χ0n) is 17.2. The summed E-state index contributed by atoms with van der Waals surface area (Å²) < 4.78 is 17.0. The molecular formula is C23H19FN6OS. The first-order chi connectivity index (χ1) is 15.6. The van der Waals surface area contributed by atoms with Crippen molar-refractivity contribution >= 4 is 34.1 Å². The van der Waals surface area contributed by atoms with Crippen LogP contribution in [0.15, 0.2) is 66.3 Å². The normalized spacial score (nSPS) is 11.2. The number of anilines is 1. The molecule has 7 nitrogen and oxygen atoms in total. The molecule has 0 aliphatic heterocycles. The van der Waals surface area contributed by atoms with Crippen LogP contribution in [-0.4, -0.2) is 30.5 Å². The molecule has 1 N–H and O–H groups in total. The molecule has 4 heterocycles. The van der Waals surface area contributed by atoms with Gasteiger partial charge in [-0.1, -0.05) is 24.3 Å². The van der Waals surface area contributed by atoms with E-state index in [4.69, 9.17) is 0 Å². The number of pyridine rings is 1. The van der Waals surface area contributed by atoms with Crippen molar-refractivity contribution in [1.82, 2.24) is 24.5 Å². The summed E-state index contributed by atoms with van der Waals surface area (Å²) in [6.45, 7) is 2.20. The Balaban J connectivity index is 1.32. The van der Waals surface area contributed by atoms with E-state index in [9.17, 15) is 9.18 Å². The maximum absolute atomic E-state index is 13.9. The lowest BCUT2D eigenvalue weighted by atomic mass is 10.1. The van der Waals surface area contributed by atoms with Gasteiger partial charge in [-0.15, -0.1) is 11.3 Å². The van der Waals surface area contributed by atoms with E-state index in [-0.39, 0.29) is 24.8 Å². The molecule has 5 rings (SSSR count). The molecular weight excluding hydrogens is 427 g/mol. The predicted octanol–water partition coefficient (Wildman–Crippen LogP) is 4.49. The Hall–Kier alpha value is -3.85. The Bertz CT molecular complexity index is 1410. The Labute approximate surface area is 187 Å². The number of benzene rings is 1. The lowest BCUT2D eigenvalue weighted by molar-refractivity contribution is -0.116. The number of nitrogens with one attached hydrogen (secondary N) is 1. The fraction of sp³-hybridized carbons (Fsp3) is 0.130. The van der Waals surface area contributed by atoms with Crippen LogP contribution in [-0.2, 0) is 17.9 Å². The molecule has 0 unspecified atom stereocenters. The van der Waals surface area contributed by atoms with Crippen LogP contribution in [0.1, 0.15) is 11.3 Å². The number of thiophene rings is 1. The van der Waals surface area contributed by atoms with Crippen molar-refractivity contribution in [1.29, 1.82) is 0 Å². The van der Waals surface area contributed by atoms with E-state index in [2.05, 4.69) is 26.6 Å². The minimum atomic E-state index is -0.288. The topological polar surface area (TPSA) is 77.6 Å². The van der Waals surface area contributed by atoms with E-state index in [0.29, 0.717) is 17.0 Å². The summed E-state index contributed by atoms with van der Waals surface area (Å²) in [5, 5.41) is 14.6. The van der Waals surface area contributed by atoms with E-state index in [1.165, 1.54) is 6.07 Å². The highest BCUT2D eigenvalue weighted by molar-refractivity contribution is 7.13. The lowest BCUT2D eigenvalue weighted by Gasteiger charge is -2.05. The molecule has 0 radical (unpaired) electrons. The number of rotatable bonds is 6. The average molecular weight is 447 g/mol. The smallest absolute Gasteiger partial charge is 0.247 e. The van der Waals surface area contributed by atoms with E-state index < -0.39 is 0 Å². The van der Waals surface area contributed by atoms with Gasteiger partial charge >= 0.3 is 0 Å². The van der Waals surface area contributed by atoms with Crippen LogP contribution in [0.2, 0.25) is 0 Å². The molecule has 0 bridgehead atoms. The minimum absolute atomic E-state index is 0.00536. The second-order valence-electron chi connectivity index (χ2n) is 7.32. The molecule has 1 aromatic carbocycles. The van der Waals surface area contributed by atoms with Gasteiger partial charge in [0.05, 0.1) is 17.6 Å². The fourth-order valence-electron chi connectivity index (χ4n) is 3.66. The minimum Gasteiger partial charge on any atom is -0.308 e. The van der Waals surface area contributed by atoms with E-state index in [1.54, 1.807) is 57.4 Å². The van der Waals surface area contributed by atoms with E-state index in [1.807, 2.05) is 24.4 Å². The Morgan fingerprint density at radius 3 is 2.81 bits per heavy atom. The van der Waals surface area contributed by atoms with Gasteiger partial charge in [0.2, 0.25) is 5.91 Å². The number of carbonyl (C=O) groups is 1. The van der Waals surface area contributed by atoms with Crippen molar-refractivity contribution in [3.05, 3.63) is 83.4 Å². The molecule has 9 heteroatoms. The predicted molar refractivity (Wildman–Crippen MR) is 122 cm³/mol. The van der Waals surface area contributed by atoms with Crippen LogP contribution in [0.5, 0.6) is 0 Å². The van der Waals surface area contributed by atoms with Gasteiger partial charge in [-0.05, 0) is 30.5 Å². The molecule has 0 fully saturated rings. The molecule has 0 spiro atoms. The first-order valence-electron chi connectivity index (χ1n) is 10.0. The Morgan fingerprint density at radius 2 is 2.00 bits per heavy atom. The SMILES string of the molecule is Cc1nn(CC(=O)Nc2ccn(Cc3ccccc3F)n2)c2nccc(-c3cccs3)c12. The molecule has 32 heavy (non-hydrogen) atoms. The van der Waals surface area contributed by atoms with Gasteiger partial charge in [0, 0.05) is 34.5 Å². The van der Waals surface area contributed by atoms with Crippen LogP contribution in [0, 0.1) is 12.7 Å². The summed E-state index contributed by atoms with van der Waals surface area (Å²) in [4.78, 5) is 18.3. The van der Waals surface area contributed by atoms with Crippen molar-refractivity contribution in [2.24, 2.45) is 0 Å². The summed E-state index contributed by atoms with van der Waals surface area (Å²) in [7, 11) is 0. The summed E-state index contributed by atoms with van der Waals surface area (Å²) in [5.41, 5.74) is 3.06. The van der Waals surface area contributed by atoms with Crippen molar-refractivity contribution in [3.63, 3.8) is 0 Å². The zero-order valence-corrected chi connectivity index (χ0v) is 18.0. The lowest BCUT2D eigenvalue weighted by Crippen LogP contribution is -2.20. The second-order valence-corrected chi connectivity index (χ2v) is 8.26. The largest absolute Gasteiger partial charge is 0.308 e. The summed E-state index contributed by atoms with van der Waals surface area (Å²) in [6, 6.07) is 14.2. The molecule has 5 aromatic rings. The number of nitrogens with zero attached hydrogens (tertiary/aromatic N) is 5. The molecule has 160 valence electrons. The number of aromatic nitrogens is 5. The van der Waals surface area contributed by atoms with Crippen LogP contribution >= 0.6 is 11.3 Å². The number of amides is 1. The van der Waals surface area contributed by atoms with Crippen LogP contribution < -0.4 is 5.32 Å². The maximum Gasteiger partial charge on any atom is 0.247 e. The highest BCUT2D eigenvalue weighted by Crippen LogP contribution is 2.32. The van der Waals surface area contributed by atoms with Gasteiger partial charge < -0.3 is 5.32 Å². The third-order valence-corrected chi connectivity index (χ3v) is 5.99. The van der Waals surface area contributed by atoms with Gasteiger partial charge in [-0.25, -0.2) is 14.1 Å². The van der Waals surface area contributed by atoms with Crippen molar-refractivity contribution < 1.29 is 9.18 Å². The van der Waals surface area contributed by atoms with Crippen molar-refractivity contribution in [2.45, 2.75) is 20.0 Å². The molecule has 0 atom stereocenters. The Kier molecular flexibility index (Phi) is 5.24. The molecule has 4 aromatic heterocycles. The molecule has 0 aliphatic carbocycles. The highest BCUT2D eigenvalue weighted by Gasteiger charge is 2.17. The molecule has 0 saturated carbocycles. The van der Waals surface area contributed by atoms with Crippen LogP contribution in [0.3, 0.4) is 0 Å². The number of fused-ring (bicyclic) bond motifs is 1. The fourth-order valence-corrected chi connectivity index (χ4v) is 4.42. The number of aryl methyl sites for hydroxylation is 1. The van der Waals surface area contributed by atoms with E-state index >= 15 is 0 Å². The molecule has 0 saturated heterocycles. The second kappa shape index (κ2) is 8.35. The van der Waals surface area contributed by atoms with Gasteiger partial charge in [-0.2, -0.15) is 10.2 Å². The quantitative estimate of drug-likeness (QED) is 0.417. The van der Waals surface area contributed by atoms with Crippen LogP contribution in [0.4, 0.5) is 10.2 Å². The molecule has 0 aliphatic rings.